The number of nitrogens with one attached hydrogen (secondary N) is 3. The molecule has 0 radical (unpaired) electrons. The van der Waals surface area contributed by atoms with Crippen molar-refractivity contribution in [3.63, 3.8) is 0 Å². The van der Waals surface area contributed by atoms with Gasteiger partial charge in [0.1, 0.15) is 12.4 Å². The van der Waals surface area contributed by atoms with E-state index in [1.807, 2.05) is 28.8 Å². The topological polar surface area (TPSA) is 114 Å². The summed E-state index contributed by atoms with van der Waals surface area (Å²) in [6, 6.07) is 9.97. The molecule has 5 N–H and O–H groups in total. The van der Waals surface area contributed by atoms with Gasteiger partial charge in [0.2, 0.25) is 11.8 Å². The molecule has 142 valence electrons. The predicted molar refractivity (Wildman–Crippen MR) is 105 cm³/mol. The normalized spacial score (nSPS) is 17.0. The highest BCUT2D eigenvalue weighted by molar-refractivity contribution is 5.58. The molecule has 4 heterocycles. The first-order valence-electron chi connectivity index (χ1n) is 9.21. The van der Waals surface area contributed by atoms with Crippen LogP contribution in [0.25, 0.3) is 5.65 Å². The molecule has 1 saturated heterocycles. The third-order valence-electron chi connectivity index (χ3n) is 4.37. The molecule has 0 spiro atoms. The van der Waals surface area contributed by atoms with E-state index in [0.717, 1.165) is 36.7 Å². The summed E-state index contributed by atoms with van der Waals surface area (Å²) < 4.78 is 7.28. The van der Waals surface area contributed by atoms with Crippen LogP contribution >= 0.6 is 0 Å². The SMILES string of the molecule is NCCOc1cc(Nc2nc3cccc(NC4CCCNC4)n3n2)ccn1. The summed E-state index contributed by atoms with van der Waals surface area (Å²) in [6.07, 6.45) is 3.99. The summed E-state index contributed by atoms with van der Waals surface area (Å²) in [5.41, 5.74) is 7.04. The van der Waals surface area contributed by atoms with Crippen molar-refractivity contribution in [1.29, 1.82) is 0 Å². The quantitative estimate of drug-likeness (QED) is 0.494. The molecule has 0 saturated carbocycles. The van der Waals surface area contributed by atoms with Crippen molar-refractivity contribution in [1.82, 2.24) is 24.9 Å². The maximum absolute atomic E-state index is 5.46. The minimum absolute atomic E-state index is 0.396. The van der Waals surface area contributed by atoms with Crippen molar-refractivity contribution in [2.45, 2.75) is 18.9 Å². The molecule has 3 aromatic heterocycles. The number of aromatic nitrogens is 4. The molecule has 0 aromatic carbocycles. The van der Waals surface area contributed by atoms with Crippen LogP contribution < -0.4 is 26.4 Å². The lowest BCUT2D eigenvalue weighted by atomic mass is 10.1. The van der Waals surface area contributed by atoms with Crippen LogP contribution in [0.5, 0.6) is 5.88 Å². The zero-order valence-corrected chi connectivity index (χ0v) is 15.1. The molecule has 1 unspecified atom stereocenters. The maximum Gasteiger partial charge on any atom is 0.247 e. The Kier molecular flexibility index (Phi) is 5.31. The van der Waals surface area contributed by atoms with Crippen molar-refractivity contribution >= 4 is 23.1 Å². The van der Waals surface area contributed by atoms with E-state index in [1.54, 1.807) is 12.3 Å². The number of nitrogens with zero attached hydrogens (tertiary/aromatic N) is 4. The Morgan fingerprint density at radius 2 is 2.30 bits per heavy atom. The van der Waals surface area contributed by atoms with Crippen LogP contribution in [0.3, 0.4) is 0 Å². The van der Waals surface area contributed by atoms with Crippen LogP contribution in [0.4, 0.5) is 17.5 Å². The Labute approximate surface area is 157 Å². The molecule has 1 aliphatic rings. The van der Waals surface area contributed by atoms with Crippen LogP contribution in [-0.2, 0) is 0 Å². The molecule has 3 aromatic rings. The van der Waals surface area contributed by atoms with E-state index in [1.165, 1.54) is 6.42 Å². The van der Waals surface area contributed by atoms with E-state index in [9.17, 15) is 0 Å². The molecular weight excluding hydrogens is 344 g/mol. The first kappa shape index (κ1) is 17.5. The van der Waals surface area contributed by atoms with Gasteiger partial charge >= 0.3 is 0 Å². The Balaban J connectivity index is 1.52. The Bertz CT molecular complexity index is 890. The fourth-order valence-corrected chi connectivity index (χ4v) is 3.11. The molecule has 1 fully saturated rings. The number of ether oxygens (including phenoxy) is 1. The molecule has 0 amide bonds. The van der Waals surface area contributed by atoms with Crippen molar-refractivity contribution in [2.75, 3.05) is 36.9 Å². The second-order valence-corrected chi connectivity index (χ2v) is 6.45. The minimum Gasteiger partial charge on any atom is -0.476 e. The van der Waals surface area contributed by atoms with Gasteiger partial charge < -0.3 is 26.4 Å². The third-order valence-corrected chi connectivity index (χ3v) is 4.37. The zero-order valence-electron chi connectivity index (χ0n) is 15.1. The first-order valence-corrected chi connectivity index (χ1v) is 9.21. The third kappa shape index (κ3) is 4.26. The summed E-state index contributed by atoms with van der Waals surface area (Å²) in [7, 11) is 0. The summed E-state index contributed by atoms with van der Waals surface area (Å²) in [5, 5.41) is 14.8. The van der Waals surface area contributed by atoms with E-state index < -0.39 is 0 Å². The molecule has 0 bridgehead atoms. The summed E-state index contributed by atoms with van der Waals surface area (Å²) in [6.45, 7) is 2.91. The van der Waals surface area contributed by atoms with Crippen molar-refractivity contribution in [3.8, 4) is 5.88 Å². The van der Waals surface area contributed by atoms with Crippen LogP contribution in [0.15, 0.2) is 36.5 Å². The molecule has 4 rings (SSSR count). The van der Waals surface area contributed by atoms with Gasteiger partial charge in [-0.1, -0.05) is 6.07 Å². The average Bonchev–Trinajstić information content (AvgIpc) is 3.11. The predicted octanol–water partition coefficient (Wildman–Crippen LogP) is 1.37. The summed E-state index contributed by atoms with van der Waals surface area (Å²) >= 11 is 0. The van der Waals surface area contributed by atoms with Gasteiger partial charge in [0.05, 0.1) is 0 Å². The number of fused-ring (bicyclic) bond motifs is 1. The van der Waals surface area contributed by atoms with Crippen molar-refractivity contribution in [2.24, 2.45) is 5.73 Å². The van der Waals surface area contributed by atoms with Gasteiger partial charge in [0.15, 0.2) is 5.65 Å². The van der Waals surface area contributed by atoms with Gasteiger partial charge in [-0.05, 0) is 37.6 Å². The number of rotatable bonds is 7. The Morgan fingerprint density at radius 1 is 1.33 bits per heavy atom. The number of nitrogens with two attached hydrogens (primary N) is 1. The highest BCUT2D eigenvalue weighted by atomic mass is 16.5. The van der Waals surface area contributed by atoms with Gasteiger partial charge in [-0.15, -0.1) is 5.10 Å². The van der Waals surface area contributed by atoms with Gasteiger partial charge in [-0.2, -0.15) is 9.50 Å². The number of piperidine rings is 1. The number of hydrogen-bond donors (Lipinski definition) is 4. The second-order valence-electron chi connectivity index (χ2n) is 6.45. The lowest BCUT2D eigenvalue weighted by Crippen LogP contribution is -2.38. The number of anilines is 3. The van der Waals surface area contributed by atoms with E-state index >= 15 is 0 Å². The fourth-order valence-electron chi connectivity index (χ4n) is 3.11. The van der Waals surface area contributed by atoms with E-state index in [0.29, 0.717) is 31.0 Å². The standard InChI is InChI=1S/C18H24N8O/c19-7-10-27-17-11-13(6-9-21-17)23-18-24-16-5-1-4-15(26(16)25-18)22-14-3-2-8-20-12-14/h1,4-6,9,11,14,20,22H,2-3,7-8,10,12,19H2,(H,21,23,25). The summed E-state index contributed by atoms with van der Waals surface area (Å²) in [4.78, 5) is 8.72. The van der Waals surface area contributed by atoms with Crippen LogP contribution in [-0.4, -0.2) is 51.9 Å². The Hall–Kier alpha value is -2.91. The lowest BCUT2D eigenvalue weighted by Gasteiger charge is -2.24. The molecule has 0 aliphatic carbocycles. The van der Waals surface area contributed by atoms with Crippen LogP contribution in [0, 0.1) is 0 Å². The molecular formula is C18H24N8O. The van der Waals surface area contributed by atoms with E-state index in [-0.39, 0.29) is 0 Å². The fraction of sp³-hybridized carbons (Fsp3) is 0.389. The van der Waals surface area contributed by atoms with Crippen molar-refractivity contribution < 1.29 is 4.74 Å². The van der Waals surface area contributed by atoms with Gasteiger partial charge in [-0.25, -0.2) is 4.98 Å². The molecule has 27 heavy (non-hydrogen) atoms. The minimum atomic E-state index is 0.396. The van der Waals surface area contributed by atoms with Crippen LogP contribution in [0.2, 0.25) is 0 Å². The molecule has 9 heteroatoms. The average molecular weight is 368 g/mol. The molecule has 1 aliphatic heterocycles. The van der Waals surface area contributed by atoms with Crippen LogP contribution in [0.1, 0.15) is 12.8 Å². The molecule has 1 atom stereocenters. The second kappa shape index (κ2) is 8.19. The van der Waals surface area contributed by atoms with Crippen molar-refractivity contribution in [3.05, 3.63) is 36.5 Å². The largest absolute Gasteiger partial charge is 0.476 e. The zero-order chi connectivity index (χ0) is 18.5. The van der Waals surface area contributed by atoms with Gasteiger partial charge in [-0.3, -0.25) is 0 Å². The number of hydrogen-bond acceptors (Lipinski definition) is 8. The Morgan fingerprint density at radius 3 is 3.15 bits per heavy atom. The highest BCUT2D eigenvalue weighted by Crippen LogP contribution is 2.20. The van der Waals surface area contributed by atoms with Gasteiger partial charge in [0.25, 0.3) is 0 Å². The smallest absolute Gasteiger partial charge is 0.247 e. The monoisotopic (exact) mass is 368 g/mol. The molecule has 9 nitrogen and oxygen atoms in total. The first-order chi connectivity index (χ1) is 13.3. The maximum atomic E-state index is 5.46. The van der Waals surface area contributed by atoms with Gasteiger partial charge in [0, 0.05) is 37.1 Å². The van der Waals surface area contributed by atoms with E-state index in [2.05, 4.69) is 31.0 Å². The summed E-state index contributed by atoms with van der Waals surface area (Å²) in [5.74, 6) is 1.96. The van der Waals surface area contributed by atoms with E-state index in [4.69, 9.17) is 10.5 Å². The number of pyridine rings is 2. The lowest BCUT2D eigenvalue weighted by molar-refractivity contribution is 0.316. The highest BCUT2D eigenvalue weighted by Gasteiger charge is 2.15.